The highest BCUT2D eigenvalue weighted by atomic mass is 35.5. The molecule has 1 aliphatic rings. The van der Waals surface area contributed by atoms with Crippen molar-refractivity contribution < 1.29 is 0 Å². The van der Waals surface area contributed by atoms with Crippen molar-refractivity contribution in [2.24, 2.45) is 5.92 Å². The van der Waals surface area contributed by atoms with Gasteiger partial charge in [-0.2, -0.15) is 0 Å². The number of rotatable bonds is 6. The van der Waals surface area contributed by atoms with Crippen LogP contribution in [-0.4, -0.2) is 28.0 Å². The molecule has 17 heavy (non-hydrogen) atoms. The Hall–Kier alpha value is -0.540. The summed E-state index contributed by atoms with van der Waals surface area (Å²) in [6.45, 7) is 3.31. The van der Waals surface area contributed by atoms with E-state index >= 15 is 0 Å². The first-order valence-electron chi connectivity index (χ1n) is 6.65. The second-order valence-electron chi connectivity index (χ2n) is 4.98. The van der Waals surface area contributed by atoms with Gasteiger partial charge >= 0.3 is 0 Å². The molecule has 1 heterocycles. The summed E-state index contributed by atoms with van der Waals surface area (Å²) >= 11 is 6.09. The Kier molecular flexibility index (Phi) is 5.33. The summed E-state index contributed by atoms with van der Waals surface area (Å²) in [6, 6.07) is 0. The quantitative estimate of drug-likeness (QED) is 0.626. The molecule has 1 aromatic heterocycles. The number of alkyl halides is 1. The van der Waals surface area contributed by atoms with Crippen LogP contribution in [0.1, 0.15) is 32.1 Å². The average Bonchev–Trinajstić information content (AvgIpc) is 2.84. The Labute approximate surface area is 109 Å². The Morgan fingerprint density at radius 2 is 2.12 bits per heavy atom. The fourth-order valence-electron chi connectivity index (χ4n) is 2.44. The van der Waals surface area contributed by atoms with Gasteiger partial charge in [0.15, 0.2) is 0 Å². The molecule has 2 rings (SSSR count). The first-order valence-corrected chi connectivity index (χ1v) is 7.09. The zero-order valence-electron chi connectivity index (χ0n) is 10.3. The molecule has 1 saturated carbocycles. The minimum atomic E-state index is 0.437. The van der Waals surface area contributed by atoms with Crippen LogP contribution >= 0.6 is 11.6 Å². The number of nitrogens with zero attached hydrogens (tertiary/aromatic N) is 2. The molecule has 1 aliphatic carbocycles. The number of aryl methyl sites for hydroxylation is 1. The van der Waals surface area contributed by atoms with Gasteiger partial charge in [0, 0.05) is 24.3 Å². The monoisotopic (exact) mass is 255 g/mol. The zero-order chi connectivity index (χ0) is 11.9. The summed E-state index contributed by atoms with van der Waals surface area (Å²) in [7, 11) is 0. The zero-order valence-corrected chi connectivity index (χ0v) is 11.1. The van der Waals surface area contributed by atoms with Gasteiger partial charge in [0.1, 0.15) is 0 Å². The van der Waals surface area contributed by atoms with Gasteiger partial charge in [0.05, 0.1) is 6.33 Å². The van der Waals surface area contributed by atoms with E-state index in [1.807, 2.05) is 18.7 Å². The van der Waals surface area contributed by atoms with Crippen molar-refractivity contribution in [1.82, 2.24) is 14.9 Å². The number of halogens is 1. The standard InChI is InChI=1S/C13H22ClN3/c14-13-4-2-12(3-5-13)10-15-6-1-8-17-9-7-16-11-17/h7,9,11-13,15H,1-6,8,10H2. The van der Waals surface area contributed by atoms with Gasteiger partial charge in [-0.05, 0) is 51.1 Å². The van der Waals surface area contributed by atoms with Crippen LogP contribution in [0.25, 0.3) is 0 Å². The number of aromatic nitrogens is 2. The van der Waals surface area contributed by atoms with E-state index < -0.39 is 0 Å². The van der Waals surface area contributed by atoms with E-state index in [-0.39, 0.29) is 0 Å². The lowest BCUT2D eigenvalue weighted by molar-refractivity contribution is 0.344. The molecule has 1 N–H and O–H groups in total. The number of hydrogen-bond donors (Lipinski definition) is 1. The fourth-order valence-corrected chi connectivity index (χ4v) is 2.69. The lowest BCUT2D eigenvalue weighted by Crippen LogP contribution is -2.27. The average molecular weight is 256 g/mol. The second kappa shape index (κ2) is 7.02. The van der Waals surface area contributed by atoms with Crippen molar-refractivity contribution in [3.8, 4) is 0 Å². The van der Waals surface area contributed by atoms with E-state index in [0.717, 1.165) is 25.6 Å². The number of imidazole rings is 1. The van der Waals surface area contributed by atoms with E-state index in [1.165, 1.54) is 32.1 Å². The molecule has 96 valence electrons. The highest BCUT2D eigenvalue weighted by Crippen LogP contribution is 2.26. The predicted molar refractivity (Wildman–Crippen MR) is 71.3 cm³/mol. The molecule has 0 amide bonds. The smallest absolute Gasteiger partial charge is 0.0945 e. The third-order valence-corrected chi connectivity index (χ3v) is 3.97. The van der Waals surface area contributed by atoms with Gasteiger partial charge in [-0.25, -0.2) is 4.98 Å². The second-order valence-corrected chi connectivity index (χ2v) is 5.59. The highest BCUT2D eigenvalue weighted by Gasteiger charge is 2.18. The molecule has 1 aromatic rings. The van der Waals surface area contributed by atoms with E-state index in [1.54, 1.807) is 0 Å². The minimum absolute atomic E-state index is 0.437. The molecule has 0 unspecified atom stereocenters. The summed E-state index contributed by atoms with van der Waals surface area (Å²) < 4.78 is 2.13. The van der Waals surface area contributed by atoms with Gasteiger partial charge < -0.3 is 9.88 Å². The maximum absolute atomic E-state index is 6.09. The summed E-state index contributed by atoms with van der Waals surface area (Å²) in [5, 5.41) is 3.99. The Morgan fingerprint density at radius 1 is 1.29 bits per heavy atom. The summed E-state index contributed by atoms with van der Waals surface area (Å²) in [5.74, 6) is 0.846. The van der Waals surface area contributed by atoms with Gasteiger partial charge in [0.25, 0.3) is 0 Å². The molecule has 0 atom stereocenters. The van der Waals surface area contributed by atoms with Crippen molar-refractivity contribution in [3.63, 3.8) is 0 Å². The summed E-state index contributed by atoms with van der Waals surface area (Å²) in [5.41, 5.74) is 0. The van der Waals surface area contributed by atoms with Crippen molar-refractivity contribution >= 4 is 11.6 Å². The van der Waals surface area contributed by atoms with Gasteiger partial charge in [-0.1, -0.05) is 0 Å². The maximum Gasteiger partial charge on any atom is 0.0945 e. The molecule has 1 fully saturated rings. The fraction of sp³-hybridized carbons (Fsp3) is 0.769. The lowest BCUT2D eigenvalue weighted by atomic mass is 9.89. The van der Waals surface area contributed by atoms with E-state index in [4.69, 9.17) is 11.6 Å². The van der Waals surface area contributed by atoms with E-state index in [0.29, 0.717) is 5.38 Å². The normalized spacial score (nSPS) is 25.0. The molecule has 0 bridgehead atoms. The first kappa shape index (κ1) is 12.9. The van der Waals surface area contributed by atoms with Crippen molar-refractivity contribution in [1.29, 1.82) is 0 Å². The number of hydrogen-bond acceptors (Lipinski definition) is 2. The Balaban J connectivity index is 1.49. The van der Waals surface area contributed by atoms with Crippen LogP contribution < -0.4 is 5.32 Å². The molecular formula is C13H22ClN3. The van der Waals surface area contributed by atoms with Gasteiger partial charge in [-0.3, -0.25) is 0 Å². The molecule has 3 nitrogen and oxygen atoms in total. The maximum atomic E-state index is 6.09. The molecular weight excluding hydrogens is 234 g/mol. The van der Waals surface area contributed by atoms with E-state index in [2.05, 4.69) is 14.9 Å². The summed E-state index contributed by atoms with van der Waals surface area (Å²) in [6.07, 6.45) is 11.9. The lowest BCUT2D eigenvalue weighted by Gasteiger charge is -2.25. The summed E-state index contributed by atoms with van der Waals surface area (Å²) in [4.78, 5) is 4.03. The predicted octanol–water partition coefficient (Wildman–Crippen LogP) is 2.66. The van der Waals surface area contributed by atoms with E-state index in [9.17, 15) is 0 Å². The van der Waals surface area contributed by atoms with Gasteiger partial charge in [-0.15, -0.1) is 11.6 Å². The van der Waals surface area contributed by atoms with Crippen LogP contribution in [0, 0.1) is 5.92 Å². The first-order chi connectivity index (χ1) is 8.34. The van der Waals surface area contributed by atoms with Crippen LogP contribution in [0.4, 0.5) is 0 Å². The Morgan fingerprint density at radius 3 is 2.82 bits per heavy atom. The van der Waals surface area contributed by atoms with Crippen molar-refractivity contribution in [3.05, 3.63) is 18.7 Å². The highest BCUT2D eigenvalue weighted by molar-refractivity contribution is 6.20. The molecule has 0 aromatic carbocycles. The van der Waals surface area contributed by atoms with Crippen molar-refractivity contribution in [2.45, 2.75) is 44.0 Å². The largest absolute Gasteiger partial charge is 0.337 e. The van der Waals surface area contributed by atoms with Crippen molar-refractivity contribution in [2.75, 3.05) is 13.1 Å². The van der Waals surface area contributed by atoms with Crippen LogP contribution in [0.15, 0.2) is 18.7 Å². The van der Waals surface area contributed by atoms with Gasteiger partial charge in [0.2, 0.25) is 0 Å². The van der Waals surface area contributed by atoms with Crippen LogP contribution in [0.5, 0.6) is 0 Å². The van der Waals surface area contributed by atoms with Crippen LogP contribution in [0.3, 0.4) is 0 Å². The molecule has 0 radical (unpaired) electrons. The third-order valence-electron chi connectivity index (χ3n) is 3.54. The third kappa shape index (κ3) is 4.68. The molecule has 0 aliphatic heterocycles. The molecule has 0 spiro atoms. The van der Waals surface area contributed by atoms with Crippen LogP contribution in [-0.2, 0) is 6.54 Å². The topological polar surface area (TPSA) is 29.9 Å². The number of nitrogens with one attached hydrogen (secondary N) is 1. The SMILES string of the molecule is ClC1CCC(CNCCCn2ccnc2)CC1. The minimum Gasteiger partial charge on any atom is -0.337 e. The molecule has 4 heteroatoms. The Bertz CT molecular complexity index is 292. The molecule has 0 saturated heterocycles. The van der Waals surface area contributed by atoms with Crippen LogP contribution in [0.2, 0.25) is 0 Å².